The van der Waals surface area contributed by atoms with Gasteiger partial charge in [-0.15, -0.1) is 0 Å². The van der Waals surface area contributed by atoms with Crippen LogP contribution in [-0.2, 0) is 0 Å². The lowest BCUT2D eigenvalue weighted by Gasteiger charge is -2.13. The predicted octanol–water partition coefficient (Wildman–Crippen LogP) is 2.48. The van der Waals surface area contributed by atoms with E-state index in [0.29, 0.717) is 18.8 Å². The van der Waals surface area contributed by atoms with Gasteiger partial charge in [-0.1, -0.05) is 12.1 Å². The Bertz CT molecular complexity index is 990. The summed E-state index contributed by atoms with van der Waals surface area (Å²) in [5.41, 5.74) is 3.34. The quantitative estimate of drug-likeness (QED) is 0.478. The van der Waals surface area contributed by atoms with Gasteiger partial charge < -0.3 is 25.7 Å². The summed E-state index contributed by atoms with van der Waals surface area (Å²) in [7, 11) is 0. The number of nitrogens with one attached hydrogen (secondary N) is 1. The molecule has 0 amide bonds. The van der Waals surface area contributed by atoms with Gasteiger partial charge >= 0.3 is 11.9 Å². The molecule has 1 aromatic heterocycles. The molecule has 0 aliphatic heterocycles. The number of anilines is 1. The van der Waals surface area contributed by atoms with E-state index in [9.17, 15) is 24.6 Å². The molecule has 2 rings (SSSR count). The van der Waals surface area contributed by atoms with Crippen LogP contribution in [0.4, 0.5) is 5.82 Å². The molecular weight excluding hydrogens is 366 g/mol. The number of carboxylic acid groups (broad SMARTS) is 2. The van der Waals surface area contributed by atoms with Crippen LogP contribution in [0, 0.1) is 11.3 Å². The van der Waals surface area contributed by atoms with Gasteiger partial charge in [0.1, 0.15) is 22.7 Å². The zero-order chi connectivity index (χ0) is 20.7. The number of nitriles is 1. The van der Waals surface area contributed by atoms with Crippen LogP contribution in [0.5, 0.6) is 5.75 Å². The molecule has 9 heteroatoms. The second kappa shape index (κ2) is 9.23. The van der Waals surface area contributed by atoms with Gasteiger partial charge in [0.25, 0.3) is 5.56 Å². The fourth-order valence-corrected chi connectivity index (χ4v) is 2.75. The molecule has 146 valence electrons. The van der Waals surface area contributed by atoms with E-state index in [4.69, 9.17) is 15.7 Å². The van der Waals surface area contributed by atoms with Crippen molar-refractivity contribution in [3.63, 3.8) is 0 Å². The van der Waals surface area contributed by atoms with Crippen LogP contribution in [0.2, 0.25) is 0 Å². The van der Waals surface area contributed by atoms with Crippen molar-refractivity contribution in [2.75, 3.05) is 12.3 Å². The molecule has 0 bridgehead atoms. The van der Waals surface area contributed by atoms with Crippen LogP contribution in [0.3, 0.4) is 0 Å². The third-order valence-electron chi connectivity index (χ3n) is 4.00. The maximum atomic E-state index is 12.1. The van der Waals surface area contributed by atoms with Gasteiger partial charge in [-0.25, -0.2) is 9.59 Å². The maximum absolute atomic E-state index is 12.1. The van der Waals surface area contributed by atoms with E-state index in [1.165, 1.54) is 12.1 Å². The van der Waals surface area contributed by atoms with Crippen molar-refractivity contribution in [2.45, 2.75) is 25.7 Å². The number of carbonyl (C=O) groups is 2. The third kappa shape index (κ3) is 4.67. The summed E-state index contributed by atoms with van der Waals surface area (Å²) in [6, 6.07) is 8.20. The number of hydrogen-bond donors (Lipinski definition) is 4. The Labute approximate surface area is 160 Å². The number of nitrogens with two attached hydrogens (primary N) is 1. The number of hydrogen-bond acceptors (Lipinski definition) is 6. The van der Waals surface area contributed by atoms with Crippen LogP contribution in [0.15, 0.2) is 29.1 Å². The predicted molar refractivity (Wildman–Crippen MR) is 100 cm³/mol. The number of carboxylic acids is 2. The number of aromatic carboxylic acids is 2. The van der Waals surface area contributed by atoms with Gasteiger partial charge in [0.2, 0.25) is 0 Å². The molecule has 0 saturated carbocycles. The van der Waals surface area contributed by atoms with Gasteiger partial charge in [-0.2, -0.15) is 5.26 Å². The first-order chi connectivity index (χ1) is 13.4. The Morgan fingerprint density at radius 1 is 1.14 bits per heavy atom. The van der Waals surface area contributed by atoms with Gasteiger partial charge in [0.05, 0.1) is 12.7 Å². The average molecular weight is 385 g/mol. The first-order valence-corrected chi connectivity index (χ1v) is 8.49. The van der Waals surface area contributed by atoms with Crippen molar-refractivity contribution < 1.29 is 24.5 Å². The summed E-state index contributed by atoms with van der Waals surface area (Å²) < 4.78 is 5.61. The molecule has 0 aliphatic carbocycles. The van der Waals surface area contributed by atoms with Crippen molar-refractivity contribution in [2.24, 2.45) is 0 Å². The van der Waals surface area contributed by atoms with Crippen LogP contribution in [0.1, 0.15) is 46.4 Å². The van der Waals surface area contributed by atoms with Crippen molar-refractivity contribution in [3.8, 4) is 22.9 Å². The number of benzene rings is 1. The molecule has 0 atom stereocenters. The summed E-state index contributed by atoms with van der Waals surface area (Å²) in [5.74, 6) is -3.07. The lowest BCUT2D eigenvalue weighted by atomic mass is 9.95. The standard InChI is InChI=1S/C19H19N3O6/c20-8-3-1-2-4-9-28-12-7-5-6-11(10-12)13-14(18(24)25)16(21)22-17(23)15(13)19(26)27/h5-7,10H,1-4,9H2,(H,24,25)(H,26,27)(H3,21,22,23). The molecule has 0 unspecified atom stereocenters. The number of rotatable bonds is 9. The number of nitrogen functional groups attached to an aromatic ring is 1. The summed E-state index contributed by atoms with van der Waals surface area (Å²) in [4.78, 5) is 37.3. The second-order valence-corrected chi connectivity index (χ2v) is 5.95. The highest BCUT2D eigenvalue weighted by Crippen LogP contribution is 2.31. The number of ether oxygens (including phenoxy) is 1. The first-order valence-electron chi connectivity index (χ1n) is 8.49. The van der Waals surface area contributed by atoms with Crippen LogP contribution >= 0.6 is 0 Å². The Morgan fingerprint density at radius 3 is 2.50 bits per heavy atom. The van der Waals surface area contributed by atoms with E-state index in [1.807, 2.05) is 0 Å². The minimum absolute atomic E-state index is 0.189. The van der Waals surface area contributed by atoms with Gasteiger partial charge in [-0.3, -0.25) is 4.79 Å². The molecular formula is C19H19N3O6. The minimum atomic E-state index is -1.57. The molecule has 2 aromatic rings. The Morgan fingerprint density at radius 2 is 1.86 bits per heavy atom. The van der Waals surface area contributed by atoms with E-state index in [2.05, 4.69) is 11.1 Å². The van der Waals surface area contributed by atoms with Crippen molar-refractivity contribution in [3.05, 3.63) is 45.7 Å². The van der Waals surface area contributed by atoms with Gasteiger partial charge in [-0.05, 0) is 37.0 Å². The highest BCUT2D eigenvalue weighted by molar-refractivity contribution is 6.07. The molecule has 0 aliphatic rings. The molecule has 5 N–H and O–H groups in total. The summed E-state index contributed by atoms with van der Waals surface area (Å²) in [6.07, 6.45) is 2.81. The third-order valence-corrected chi connectivity index (χ3v) is 4.00. The Kier molecular flexibility index (Phi) is 6.76. The van der Waals surface area contributed by atoms with Crippen LogP contribution in [-0.4, -0.2) is 33.7 Å². The molecule has 1 aromatic carbocycles. The van der Waals surface area contributed by atoms with E-state index < -0.39 is 34.4 Å². The summed E-state index contributed by atoms with van der Waals surface area (Å²) in [6.45, 7) is 0.379. The minimum Gasteiger partial charge on any atom is -0.494 e. The molecule has 0 fully saturated rings. The fraction of sp³-hybridized carbons (Fsp3) is 0.263. The summed E-state index contributed by atoms with van der Waals surface area (Å²) >= 11 is 0. The number of nitrogens with zero attached hydrogens (tertiary/aromatic N) is 1. The Balaban J connectivity index is 2.40. The number of H-pyrrole nitrogens is 1. The van der Waals surface area contributed by atoms with Gasteiger partial charge in [0, 0.05) is 12.0 Å². The fourth-order valence-electron chi connectivity index (χ4n) is 2.75. The highest BCUT2D eigenvalue weighted by atomic mass is 16.5. The smallest absolute Gasteiger partial charge is 0.342 e. The topological polar surface area (TPSA) is 166 Å². The largest absolute Gasteiger partial charge is 0.494 e. The maximum Gasteiger partial charge on any atom is 0.342 e. The lowest BCUT2D eigenvalue weighted by molar-refractivity contribution is 0.0695. The normalized spacial score (nSPS) is 10.2. The zero-order valence-electron chi connectivity index (χ0n) is 14.9. The number of pyridine rings is 1. The molecule has 28 heavy (non-hydrogen) atoms. The summed E-state index contributed by atoms with van der Waals surface area (Å²) in [5, 5.41) is 27.4. The van der Waals surface area contributed by atoms with Gasteiger partial charge in [0.15, 0.2) is 0 Å². The van der Waals surface area contributed by atoms with Crippen molar-refractivity contribution >= 4 is 17.8 Å². The van der Waals surface area contributed by atoms with E-state index in [-0.39, 0.29) is 11.1 Å². The average Bonchev–Trinajstić information content (AvgIpc) is 2.63. The number of unbranched alkanes of at least 4 members (excludes halogenated alkanes) is 3. The zero-order valence-corrected chi connectivity index (χ0v) is 14.9. The number of aromatic nitrogens is 1. The van der Waals surface area contributed by atoms with Crippen LogP contribution < -0.4 is 16.0 Å². The first kappa shape index (κ1) is 20.5. The molecule has 0 saturated heterocycles. The monoisotopic (exact) mass is 385 g/mol. The lowest BCUT2D eigenvalue weighted by Crippen LogP contribution is -2.24. The molecule has 0 spiro atoms. The molecule has 9 nitrogen and oxygen atoms in total. The molecule has 0 radical (unpaired) electrons. The van der Waals surface area contributed by atoms with Crippen LogP contribution in [0.25, 0.3) is 11.1 Å². The van der Waals surface area contributed by atoms with Crippen molar-refractivity contribution in [1.29, 1.82) is 5.26 Å². The number of aromatic amines is 1. The second-order valence-electron chi connectivity index (χ2n) is 5.95. The van der Waals surface area contributed by atoms with E-state index >= 15 is 0 Å². The van der Waals surface area contributed by atoms with E-state index in [0.717, 1.165) is 19.3 Å². The molecule has 1 heterocycles. The highest BCUT2D eigenvalue weighted by Gasteiger charge is 2.26. The Hall–Kier alpha value is -3.80. The SMILES string of the molecule is N#CCCCCCOc1cccc(-c2c(C(=O)O)c(N)[nH]c(=O)c2C(=O)O)c1. The van der Waals surface area contributed by atoms with E-state index in [1.54, 1.807) is 12.1 Å². The van der Waals surface area contributed by atoms with Crippen molar-refractivity contribution in [1.82, 2.24) is 4.98 Å².